The SMILES string of the molecule is COc1ccc(/C=N\N=C2\C[C@H]3CC[C@@]2(C)C3(C)C)cc1O. The monoisotopic (exact) mass is 300 g/mol. The number of phenols is 1. The Morgan fingerprint density at radius 3 is 2.64 bits per heavy atom. The first-order valence-corrected chi connectivity index (χ1v) is 7.86. The first-order chi connectivity index (χ1) is 10.4. The Hall–Kier alpha value is -1.84. The summed E-state index contributed by atoms with van der Waals surface area (Å²) in [4.78, 5) is 0. The van der Waals surface area contributed by atoms with Gasteiger partial charge < -0.3 is 9.84 Å². The number of fused-ring (bicyclic) bond motifs is 2. The number of methoxy groups -OCH3 is 1. The van der Waals surface area contributed by atoms with Crippen LogP contribution in [0.15, 0.2) is 28.4 Å². The molecule has 4 nitrogen and oxygen atoms in total. The van der Waals surface area contributed by atoms with Gasteiger partial charge in [-0.2, -0.15) is 10.2 Å². The predicted octanol–water partition coefficient (Wildman–Crippen LogP) is 4.02. The predicted molar refractivity (Wildman–Crippen MR) is 88.9 cm³/mol. The Balaban J connectivity index is 1.79. The van der Waals surface area contributed by atoms with Gasteiger partial charge in [0.15, 0.2) is 11.5 Å². The molecule has 2 aliphatic carbocycles. The smallest absolute Gasteiger partial charge is 0.160 e. The van der Waals surface area contributed by atoms with Crippen molar-refractivity contribution in [2.75, 3.05) is 7.11 Å². The fraction of sp³-hybridized carbons (Fsp3) is 0.556. The van der Waals surface area contributed by atoms with Crippen LogP contribution in [0.1, 0.15) is 45.6 Å². The maximum absolute atomic E-state index is 9.78. The summed E-state index contributed by atoms with van der Waals surface area (Å²) in [6, 6.07) is 5.22. The molecule has 1 aromatic rings. The third-order valence-corrected chi connectivity index (χ3v) is 6.10. The molecular formula is C18H24N2O2. The molecule has 0 amide bonds. The fourth-order valence-electron chi connectivity index (χ4n) is 4.03. The largest absolute Gasteiger partial charge is 0.504 e. The summed E-state index contributed by atoms with van der Waals surface area (Å²) < 4.78 is 5.03. The van der Waals surface area contributed by atoms with E-state index in [1.54, 1.807) is 18.3 Å². The second-order valence-corrected chi connectivity index (χ2v) is 7.22. The molecule has 0 aromatic heterocycles. The zero-order valence-electron chi connectivity index (χ0n) is 13.8. The van der Waals surface area contributed by atoms with Crippen molar-refractivity contribution >= 4 is 11.9 Å². The number of hydrogen-bond acceptors (Lipinski definition) is 4. The maximum Gasteiger partial charge on any atom is 0.160 e. The van der Waals surface area contributed by atoms with Crippen molar-refractivity contribution in [1.29, 1.82) is 0 Å². The van der Waals surface area contributed by atoms with Crippen LogP contribution in [0.2, 0.25) is 0 Å². The number of phenolic OH excluding ortho intramolecular Hbond substituents is 1. The van der Waals surface area contributed by atoms with Gasteiger partial charge in [-0.05, 0) is 54.4 Å². The molecule has 2 atom stereocenters. The van der Waals surface area contributed by atoms with Crippen LogP contribution < -0.4 is 4.74 Å². The summed E-state index contributed by atoms with van der Waals surface area (Å²) in [6.07, 6.45) is 5.27. The van der Waals surface area contributed by atoms with Gasteiger partial charge >= 0.3 is 0 Å². The average Bonchev–Trinajstić information content (AvgIpc) is 2.81. The van der Waals surface area contributed by atoms with Gasteiger partial charge in [0.25, 0.3) is 0 Å². The average molecular weight is 300 g/mol. The van der Waals surface area contributed by atoms with Crippen molar-refractivity contribution in [2.24, 2.45) is 27.0 Å². The Morgan fingerprint density at radius 1 is 1.32 bits per heavy atom. The lowest BCUT2D eigenvalue weighted by atomic mass is 9.70. The highest BCUT2D eigenvalue weighted by Crippen LogP contribution is 2.63. The third kappa shape index (κ3) is 2.13. The van der Waals surface area contributed by atoms with E-state index in [0.29, 0.717) is 11.2 Å². The molecule has 118 valence electrons. The normalized spacial score (nSPS) is 31.3. The van der Waals surface area contributed by atoms with Crippen LogP contribution in [0.4, 0.5) is 0 Å². The molecule has 2 aliphatic rings. The van der Waals surface area contributed by atoms with Gasteiger partial charge in [0.05, 0.1) is 13.3 Å². The van der Waals surface area contributed by atoms with Gasteiger partial charge in [-0.15, -0.1) is 0 Å². The van der Waals surface area contributed by atoms with Crippen molar-refractivity contribution in [3.63, 3.8) is 0 Å². The van der Waals surface area contributed by atoms with E-state index in [2.05, 4.69) is 31.0 Å². The van der Waals surface area contributed by atoms with E-state index in [9.17, 15) is 5.11 Å². The summed E-state index contributed by atoms with van der Waals surface area (Å²) in [5.74, 6) is 1.31. The molecule has 2 fully saturated rings. The van der Waals surface area contributed by atoms with Crippen LogP contribution in [0.5, 0.6) is 11.5 Å². The molecule has 0 radical (unpaired) electrons. The van der Waals surface area contributed by atoms with E-state index in [0.717, 1.165) is 17.9 Å². The van der Waals surface area contributed by atoms with Gasteiger partial charge in [0.1, 0.15) is 0 Å². The first kappa shape index (κ1) is 15.1. The molecule has 0 saturated heterocycles. The summed E-state index contributed by atoms with van der Waals surface area (Å²) >= 11 is 0. The van der Waals surface area contributed by atoms with E-state index in [1.807, 2.05) is 6.07 Å². The number of aromatic hydroxyl groups is 1. The number of rotatable bonds is 3. The lowest BCUT2D eigenvalue weighted by Crippen LogP contribution is -2.32. The van der Waals surface area contributed by atoms with Gasteiger partial charge in [0.2, 0.25) is 0 Å². The van der Waals surface area contributed by atoms with Crippen molar-refractivity contribution in [1.82, 2.24) is 0 Å². The number of ether oxygens (including phenoxy) is 1. The summed E-state index contributed by atoms with van der Waals surface area (Å²) in [5.41, 5.74) is 2.54. The molecule has 4 heteroatoms. The van der Waals surface area contributed by atoms with Crippen LogP contribution in [-0.4, -0.2) is 24.1 Å². The van der Waals surface area contributed by atoms with E-state index < -0.39 is 0 Å². The standard InChI is InChI=1S/C18H24N2O2/c1-17(2)13-7-8-18(17,3)16(10-13)20-19-11-12-5-6-15(22-4)14(21)9-12/h5-6,9,11,13,21H,7-8,10H2,1-4H3/b19-11-,20-16-/t13-,18-/m1/s1. The van der Waals surface area contributed by atoms with Crippen LogP contribution in [0.25, 0.3) is 0 Å². The summed E-state index contributed by atoms with van der Waals surface area (Å²) in [7, 11) is 1.53. The molecule has 1 aromatic carbocycles. The summed E-state index contributed by atoms with van der Waals surface area (Å²) in [6.45, 7) is 7.05. The quantitative estimate of drug-likeness (QED) is 0.677. The molecular weight excluding hydrogens is 276 g/mol. The Morgan fingerprint density at radius 2 is 2.09 bits per heavy atom. The Labute approximate surface area is 131 Å². The minimum absolute atomic E-state index is 0.118. The highest BCUT2D eigenvalue weighted by molar-refractivity contribution is 5.94. The zero-order chi connectivity index (χ0) is 16.0. The van der Waals surface area contributed by atoms with Crippen molar-refractivity contribution in [3.05, 3.63) is 23.8 Å². The second-order valence-electron chi connectivity index (χ2n) is 7.22. The summed E-state index contributed by atoms with van der Waals surface area (Å²) in [5, 5.41) is 18.6. The van der Waals surface area contributed by atoms with Crippen LogP contribution >= 0.6 is 0 Å². The molecule has 2 saturated carbocycles. The first-order valence-electron chi connectivity index (χ1n) is 7.86. The Bertz CT molecular complexity index is 648. The molecule has 0 aliphatic heterocycles. The van der Waals surface area contributed by atoms with Gasteiger partial charge in [0, 0.05) is 11.1 Å². The number of hydrogen-bond donors (Lipinski definition) is 1. The topological polar surface area (TPSA) is 54.2 Å². The molecule has 1 N–H and O–H groups in total. The number of benzene rings is 1. The lowest BCUT2D eigenvalue weighted by molar-refractivity contribution is 0.194. The van der Waals surface area contributed by atoms with Gasteiger partial charge in [-0.3, -0.25) is 0 Å². The van der Waals surface area contributed by atoms with Crippen LogP contribution in [0.3, 0.4) is 0 Å². The van der Waals surface area contributed by atoms with Crippen molar-refractivity contribution < 1.29 is 9.84 Å². The van der Waals surface area contributed by atoms with Gasteiger partial charge in [-0.25, -0.2) is 0 Å². The molecule has 22 heavy (non-hydrogen) atoms. The lowest BCUT2D eigenvalue weighted by Gasteiger charge is -2.34. The number of nitrogens with zero attached hydrogens (tertiary/aromatic N) is 2. The van der Waals surface area contributed by atoms with E-state index in [-0.39, 0.29) is 11.2 Å². The van der Waals surface area contributed by atoms with Gasteiger partial charge in [-0.1, -0.05) is 20.8 Å². The van der Waals surface area contributed by atoms with Crippen LogP contribution in [0, 0.1) is 16.7 Å². The third-order valence-electron chi connectivity index (χ3n) is 6.10. The molecule has 0 unspecified atom stereocenters. The van der Waals surface area contributed by atoms with E-state index >= 15 is 0 Å². The minimum Gasteiger partial charge on any atom is -0.504 e. The molecule has 2 bridgehead atoms. The zero-order valence-corrected chi connectivity index (χ0v) is 13.8. The molecule has 3 rings (SSSR count). The Kier molecular flexibility index (Phi) is 3.50. The minimum atomic E-state index is 0.118. The van der Waals surface area contributed by atoms with Crippen molar-refractivity contribution in [2.45, 2.75) is 40.0 Å². The van der Waals surface area contributed by atoms with Crippen LogP contribution in [-0.2, 0) is 0 Å². The maximum atomic E-state index is 9.78. The van der Waals surface area contributed by atoms with Crippen molar-refractivity contribution in [3.8, 4) is 11.5 Å². The highest BCUT2D eigenvalue weighted by atomic mass is 16.5. The second kappa shape index (κ2) is 5.11. The van der Waals surface area contributed by atoms with E-state index in [1.165, 1.54) is 25.7 Å². The molecule has 0 heterocycles. The fourth-order valence-corrected chi connectivity index (χ4v) is 4.03. The highest BCUT2D eigenvalue weighted by Gasteiger charge is 2.59. The molecule has 0 spiro atoms. The van der Waals surface area contributed by atoms with E-state index in [4.69, 9.17) is 4.74 Å².